The van der Waals surface area contributed by atoms with E-state index in [4.69, 9.17) is 21.5 Å². The van der Waals surface area contributed by atoms with Crippen LogP contribution >= 0.6 is 11.6 Å². The van der Waals surface area contributed by atoms with Crippen LogP contribution in [0.3, 0.4) is 0 Å². The number of nitrogens with two attached hydrogens (primary N) is 1. The average Bonchev–Trinajstić information content (AvgIpc) is 2.39. The molecule has 2 N–H and O–H groups in total. The minimum atomic E-state index is -3.92. The number of benzene rings is 1. The summed E-state index contributed by atoms with van der Waals surface area (Å²) in [6.45, 7) is 2.05. The zero-order valence-electron chi connectivity index (χ0n) is 11.7. The van der Waals surface area contributed by atoms with Gasteiger partial charge in [0.05, 0.1) is 10.5 Å². The lowest BCUT2D eigenvalue weighted by molar-refractivity contribution is 0.00479. The van der Waals surface area contributed by atoms with Gasteiger partial charge in [-0.2, -0.15) is 0 Å². The molecule has 0 heterocycles. The summed E-state index contributed by atoms with van der Waals surface area (Å²) in [5.74, 6) is -0.263. The highest BCUT2D eigenvalue weighted by Gasteiger charge is 2.26. The zero-order chi connectivity index (χ0) is 15.6. The van der Waals surface area contributed by atoms with Crippen molar-refractivity contribution in [1.29, 1.82) is 0 Å². The van der Waals surface area contributed by atoms with Gasteiger partial charge in [0.15, 0.2) is 0 Å². The van der Waals surface area contributed by atoms with Gasteiger partial charge < -0.3 is 4.74 Å². The van der Waals surface area contributed by atoms with Gasteiger partial charge in [0.25, 0.3) is 0 Å². The maximum atomic E-state index is 12.2. The quantitative estimate of drug-likeness (QED) is 0.863. The van der Waals surface area contributed by atoms with Gasteiger partial charge in [-0.25, -0.2) is 18.4 Å². The molecule has 0 bridgehead atoms. The summed E-state index contributed by atoms with van der Waals surface area (Å²) in [5.41, 5.74) is 0.101. The smallest absolute Gasteiger partial charge is 0.338 e. The average molecular weight is 332 g/mol. The van der Waals surface area contributed by atoms with Gasteiger partial charge in [-0.1, -0.05) is 24.9 Å². The molecule has 1 aliphatic rings. The second-order valence-corrected chi connectivity index (χ2v) is 7.42. The molecule has 21 heavy (non-hydrogen) atoms. The van der Waals surface area contributed by atoms with Crippen LogP contribution in [-0.2, 0) is 14.8 Å². The molecule has 5 nitrogen and oxygen atoms in total. The van der Waals surface area contributed by atoms with E-state index in [-0.39, 0.29) is 21.6 Å². The summed E-state index contributed by atoms with van der Waals surface area (Å²) < 4.78 is 28.2. The fourth-order valence-electron chi connectivity index (χ4n) is 2.51. The minimum absolute atomic E-state index is 0.101. The van der Waals surface area contributed by atoms with E-state index in [2.05, 4.69) is 0 Å². The zero-order valence-corrected chi connectivity index (χ0v) is 13.3. The van der Waals surface area contributed by atoms with Crippen LogP contribution < -0.4 is 5.14 Å². The molecule has 1 fully saturated rings. The first-order chi connectivity index (χ1) is 9.77. The van der Waals surface area contributed by atoms with E-state index >= 15 is 0 Å². The van der Waals surface area contributed by atoms with Gasteiger partial charge in [0, 0.05) is 5.02 Å². The predicted molar refractivity (Wildman–Crippen MR) is 79.7 cm³/mol. The van der Waals surface area contributed by atoms with Crippen molar-refractivity contribution < 1.29 is 17.9 Å². The molecule has 2 unspecified atom stereocenters. The van der Waals surface area contributed by atoms with Crippen molar-refractivity contribution in [1.82, 2.24) is 0 Å². The Labute approximate surface area is 129 Å². The van der Waals surface area contributed by atoms with Gasteiger partial charge in [-0.3, -0.25) is 0 Å². The Morgan fingerprint density at radius 1 is 1.29 bits per heavy atom. The number of halogens is 1. The first kappa shape index (κ1) is 16.3. The van der Waals surface area contributed by atoms with E-state index in [1.165, 1.54) is 18.2 Å². The van der Waals surface area contributed by atoms with E-state index in [0.29, 0.717) is 5.92 Å². The van der Waals surface area contributed by atoms with Crippen molar-refractivity contribution in [2.24, 2.45) is 11.1 Å². The van der Waals surface area contributed by atoms with Crippen LogP contribution in [0.15, 0.2) is 23.1 Å². The largest absolute Gasteiger partial charge is 0.458 e. The highest BCUT2D eigenvalue weighted by Crippen LogP contribution is 2.27. The Bertz CT molecular complexity index is 644. The number of primary sulfonamides is 1. The van der Waals surface area contributed by atoms with Crippen LogP contribution in [0.4, 0.5) is 0 Å². The third-order valence-electron chi connectivity index (χ3n) is 3.73. The molecule has 7 heteroatoms. The molecule has 2 atom stereocenters. The third-order valence-corrected chi connectivity index (χ3v) is 4.84. The standard InChI is InChI=1S/C14H18ClNO4S/c1-9-4-2-3-5-13(9)20-14(17)10-6-11(15)8-12(7-10)21(16,18)19/h6-9,13H,2-5H2,1H3,(H2,16,18,19). The van der Waals surface area contributed by atoms with Crippen LogP contribution in [0.25, 0.3) is 0 Å². The Balaban J connectivity index is 2.21. The molecule has 1 aromatic rings. The van der Waals surface area contributed by atoms with E-state index < -0.39 is 16.0 Å². The van der Waals surface area contributed by atoms with Gasteiger partial charge in [0.1, 0.15) is 6.10 Å². The topological polar surface area (TPSA) is 86.5 Å². The number of carbonyl (C=O) groups is 1. The van der Waals surface area contributed by atoms with E-state index in [9.17, 15) is 13.2 Å². The SMILES string of the molecule is CC1CCCCC1OC(=O)c1cc(Cl)cc(S(N)(=O)=O)c1. The molecule has 0 aliphatic heterocycles. The van der Waals surface area contributed by atoms with Crippen LogP contribution in [-0.4, -0.2) is 20.5 Å². The monoisotopic (exact) mass is 331 g/mol. The summed E-state index contributed by atoms with van der Waals surface area (Å²) in [6.07, 6.45) is 3.89. The molecule has 1 saturated carbocycles. The number of esters is 1. The van der Waals surface area contributed by atoms with Crippen LogP contribution in [0.1, 0.15) is 43.0 Å². The lowest BCUT2D eigenvalue weighted by Crippen LogP contribution is -2.28. The van der Waals surface area contributed by atoms with Gasteiger partial charge >= 0.3 is 5.97 Å². The summed E-state index contributed by atoms with van der Waals surface area (Å²) in [7, 11) is -3.92. The second kappa shape index (κ2) is 6.34. The predicted octanol–water partition coefficient (Wildman–Crippen LogP) is 2.72. The molecule has 1 aliphatic carbocycles. The van der Waals surface area contributed by atoms with Crippen LogP contribution in [0.5, 0.6) is 0 Å². The maximum Gasteiger partial charge on any atom is 0.338 e. The van der Waals surface area contributed by atoms with Crippen molar-refractivity contribution in [3.8, 4) is 0 Å². The lowest BCUT2D eigenvalue weighted by atomic mass is 9.88. The molecular formula is C14H18ClNO4S. The van der Waals surface area contributed by atoms with Crippen LogP contribution in [0.2, 0.25) is 5.02 Å². The second-order valence-electron chi connectivity index (χ2n) is 5.43. The normalized spacial score (nSPS) is 22.8. The number of hydrogen-bond acceptors (Lipinski definition) is 4. The molecule has 0 radical (unpaired) electrons. The van der Waals surface area contributed by atoms with Crippen molar-refractivity contribution in [3.05, 3.63) is 28.8 Å². The fraction of sp³-hybridized carbons (Fsp3) is 0.500. The Morgan fingerprint density at radius 2 is 1.95 bits per heavy atom. The van der Waals surface area contributed by atoms with Crippen LogP contribution in [0, 0.1) is 5.92 Å². The van der Waals surface area contributed by atoms with Crippen molar-refractivity contribution >= 4 is 27.6 Å². The highest BCUT2D eigenvalue weighted by molar-refractivity contribution is 7.89. The summed E-state index contributed by atoms with van der Waals surface area (Å²) in [5, 5.41) is 5.19. The van der Waals surface area contributed by atoms with Crippen molar-refractivity contribution in [2.75, 3.05) is 0 Å². The first-order valence-corrected chi connectivity index (χ1v) is 8.74. The minimum Gasteiger partial charge on any atom is -0.458 e. The molecule has 2 rings (SSSR count). The Hall–Kier alpha value is -1.11. The molecule has 0 spiro atoms. The first-order valence-electron chi connectivity index (χ1n) is 6.82. The molecule has 0 aromatic heterocycles. The van der Waals surface area contributed by atoms with E-state index in [0.717, 1.165) is 25.7 Å². The molecule has 116 valence electrons. The van der Waals surface area contributed by atoms with E-state index in [1.54, 1.807) is 0 Å². The molecule has 1 aromatic carbocycles. The van der Waals surface area contributed by atoms with Gasteiger partial charge in [-0.05, 0) is 43.4 Å². The number of carbonyl (C=O) groups excluding carboxylic acids is 1. The number of hydrogen-bond donors (Lipinski definition) is 1. The fourth-order valence-corrected chi connectivity index (χ4v) is 3.39. The lowest BCUT2D eigenvalue weighted by Gasteiger charge is -2.28. The summed E-state index contributed by atoms with van der Waals surface area (Å²) >= 11 is 5.84. The number of sulfonamides is 1. The third kappa shape index (κ3) is 4.18. The van der Waals surface area contributed by atoms with Gasteiger partial charge in [0.2, 0.25) is 10.0 Å². The van der Waals surface area contributed by atoms with Crippen molar-refractivity contribution in [3.63, 3.8) is 0 Å². The van der Waals surface area contributed by atoms with Crippen molar-refractivity contribution in [2.45, 2.75) is 43.6 Å². The summed E-state index contributed by atoms with van der Waals surface area (Å²) in [4.78, 5) is 12.0. The Kier molecular flexibility index (Phi) is 4.91. The number of rotatable bonds is 3. The molecular weight excluding hydrogens is 314 g/mol. The highest BCUT2D eigenvalue weighted by atomic mass is 35.5. The maximum absolute atomic E-state index is 12.2. The summed E-state index contributed by atoms with van der Waals surface area (Å²) in [6, 6.07) is 3.78. The Morgan fingerprint density at radius 3 is 2.57 bits per heavy atom. The molecule has 0 saturated heterocycles. The van der Waals surface area contributed by atoms with Gasteiger partial charge in [-0.15, -0.1) is 0 Å². The van der Waals surface area contributed by atoms with E-state index in [1.807, 2.05) is 6.92 Å². The molecule has 0 amide bonds. The number of ether oxygens (including phenoxy) is 1.